The summed E-state index contributed by atoms with van der Waals surface area (Å²) in [7, 11) is 1.38. The third-order valence-electron chi connectivity index (χ3n) is 3.29. The summed E-state index contributed by atoms with van der Waals surface area (Å²) in [6.07, 6.45) is 3.33. The first-order chi connectivity index (χ1) is 8.70. The Balaban J connectivity index is 2.70. The number of hydrogen-bond donors (Lipinski definition) is 1. The van der Waals surface area contributed by atoms with Crippen LogP contribution >= 0.6 is 0 Å². The Morgan fingerprint density at radius 1 is 1.21 bits per heavy atom. The van der Waals surface area contributed by atoms with Gasteiger partial charge in [-0.3, -0.25) is 14.9 Å². The van der Waals surface area contributed by atoms with Gasteiger partial charge in [0.1, 0.15) is 17.2 Å². The van der Waals surface area contributed by atoms with Crippen molar-refractivity contribution in [2.75, 3.05) is 7.11 Å². The first-order valence-electron chi connectivity index (χ1n) is 6.79. The summed E-state index contributed by atoms with van der Waals surface area (Å²) < 4.78 is 10.2. The van der Waals surface area contributed by atoms with E-state index in [0.29, 0.717) is 12.8 Å². The molecule has 1 N–H and O–H groups in total. The van der Waals surface area contributed by atoms with E-state index in [0.717, 1.165) is 12.8 Å². The van der Waals surface area contributed by atoms with Crippen molar-refractivity contribution in [1.29, 1.82) is 0 Å². The van der Waals surface area contributed by atoms with Crippen molar-refractivity contribution in [3.63, 3.8) is 0 Å². The molecule has 1 atom stereocenters. The maximum Gasteiger partial charge on any atom is 0.326 e. The summed E-state index contributed by atoms with van der Waals surface area (Å²) in [6, 6.07) is -0.531. The molecule has 1 rings (SSSR count). The Morgan fingerprint density at radius 3 is 2.16 bits per heavy atom. The van der Waals surface area contributed by atoms with Gasteiger partial charge in [-0.2, -0.15) is 0 Å². The number of carbonyl (C=O) groups excluding carboxylic acids is 2. The van der Waals surface area contributed by atoms with E-state index in [4.69, 9.17) is 9.47 Å². The molecule has 0 aromatic rings. The van der Waals surface area contributed by atoms with Crippen molar-refractivity contribution in [2.24, 2.45) is 0 Å². The predicted molar refractivity (Wildman–Crippen MR) is 71.7 cm³/mol. The highest BCUT2D eigenvalue weighted by atomic mass is 16.6. The lowest BCUT2D eigenvalue weighted by Gasteiger charge is -2.31. The molecule has 1 aliphatic carbocycles. The van der Waals surface area contributed by atoms with Crippen LogP contribution in [0, 0.1) is 0 Å². The number of ether oxygens (including phenoxy) is 2. The molecule has 0 spiro atoms. The molecule has 1 fully saturated rings. The Labute approximate surface area is 115 Å². The van der Waals surface area contributed by atoms with Crippen LogP contribution in [0.2, 0.25) is 0 Å². The van der Waals surface area contributed by atoms with Gasteiger partial charge in [-0.25, -0.2) is 0 Å². The van der Waals surface area contributed by atoms with Gasteiger partial charge in [-0.05, 0) is 40.5 Å². The fourth-order valence-corrected chi connectivity index (χ4v) is 2.44. The molecule has 0 radical (unpaired) electrons. The van der Waals surface area contributed by atoms with Crippen molar-refractivity contribution in [1.82, 2.24) is 5.32 Å². The van der Waals surface area contributed by atoms with Crippen LogP contribution < -0.4 is 5.32 Å². The van der Waals surface area contributed by atoms with E-state index in [1.165, 1.54) is 7.11 Å². The average molecular weight is 271 g/mol. The minimum atomic E-state index is -0.731. The first kappa shape index (κ1) is 16.0. The van der Waals surface area contributed by atoms with E-state index in [9.17, 15) is 9.59 Å². The molecule has 0 aromatic heterocycles. The van der Waals surface area contributed by atoms with Crippen LogP contribution in [-0.4, -0.2) is 36.2 Å². The van der Waals surface area contributed by atoms with Crippen molar-refractivity contribution >= 4 is 11.9 Å². The quantitative estimate of drug-likeness (QED) is 0.790. The Kier molecular flexibility index (Phi) is 4.96. The van der Waals surface area contributed by atoms with Gasteiger partial charge in [0.05, 0.1) is 7.11 Å². The summed E-state index contributed by atoms with van der Waals surface area (Å²) in [5.41, 5.74) is -1.26. The van der Waals surface area contributed by atoms with Gasteiger partial charge in [0.2, 0.25) is 0 Å². The van der Waals surface area contributed by atoms with E-state index in [-0.39, 0.29) is 11.9 Å². The van der Waals surface area contributed by atoms with Gasteiger partial charge in [0.15, 0.2) is 0 Å². The molecular weight excluding hydrogens is 246 g/mol. The smallest absolute Gasteiger partial charge is 0.326 e. The molecule has 0 amide bonds. The monoisotopic (exact) mass is 271 g/mol. The lowest BCUT2D eigenvalue weighted by Crippen LogP contribution is -2.56. The van der Waals surface area contributed by atoms with Crippen molar-refractivity contribution < 1.29 is 19.1 Å². The zero-order chi connectivity index (χ0) is 14.7. The molecule has 1 aliphatic rings. The van der Waals surface area contributed by atoms with Gasteiger partial charge >= 0.3 is 11.9 Å². The maximum atomic E-state index is 12.0. The second kappa shape index (κ2) is 5.90. The summed E-state index contributed by atoms with van der Waals surface area (Å²) in [5, 5.41) is 3.12. The van der Waals surface area contributed by atoms with Gasteiger partial charge in [0, 0.05) is 0 Å². The molecule has 19 heavy (non-hydrogen) atoms. The molecule has 1 saturated carbocycles. The minimum Gasteiger partial charge on any atom is -0.468 e. The van der Waals surface area contributed by atoms with Crippen LogP contribution in [0.3, 0.4) is 0 Å². The molecule has 5 heteroatoms. The van der Waals surface area contributed by atoms with Crippen LogP contribution in [0.4, 0.5) is 0 Å². The number of hydrogen-bond acceptors (Lipinski definition) is 5. The molecule has 5 nitrogen and oxygen atoms in total. The Morgan fingerprint density at radius 2 is 1.74 bits per heavy atom. The molecule has 0 saturated heterocycles. The normalized spacial score (nSPS) is 19.8. The first-order valence-corrected chi connectivity index (χ1v) is 6.79. The van der Waals surface area contributed by atoms with Gasteiger partial charge in [0.25, 0.3) is 0 Å². The van der Waals surface area contributed by atoms with Crippen molar-refractivity contribution in [2.45, 2.75) is 70.6 Å². The number of rotatable bonds is 4. The Hall–Kier alpha value is -1.10. The number of methoxy groups -OCH3 is 1. The third-order valence-corrected chi connectivity index (χ3v) is 3.29. The summed E-state index contributed by atoms with van der Waals surface area (Å²) in [4.78, 5) is 23.9. The standard InChI is InChI=1S/C14H25NO4/c1-10(11(16)19-13(2,3)4)15-14(12(17)18-5)8-6-7-9-14/h10,15H,6-9H2,1-5H3/t10-/m0/s1. The highest BCUT2D eigenvalue weighted by molar-refractivity contribution is 5.83. The summed E-state index contributed by atoms with van der Waals surface area (Å²) in [5.74, 6) is -0.636. The molecule has 0 aliphatic heterocycles. The van der Waals surface area contributed by atoms with Gasteiger partial charge in [-0.15, -0.1) is 0 Å². The predicted octanol–water partition coefficient (Wildman–Crippen LogP) is 1.79. The molecule has 0 heterocycles. The molecule has 0 unspecified atom stereocenters. The maximum absolute atomic E-state index is 12.0. The van der Waals surface area contributed by atoms with E-state index < -0.39 is 17.2 Å². The fraction of sp³-hybridized carbons (Fsp3) is 0.857. The van der Waals surface area contributed by atoms with Crippen molar-refractivity contribution in [3.05, 3.63) is 0 Å². The second-order valence-electron chi connectivity index (χ2n) is 6.18. The van der Waals surface area contributed by atoms with Crippen LogP contribution in [0.5, 0.6) is 0 Å². The van der Waals surface area contributed by atoms with Crippen molar-refractivity contribution in [3.8, 4) is 0 Å². The van der Waals surface area contributed by atoms with Crippen LogP contribution in [0.15, 0.2) is 0 Å². The topological polar surface area (TPSA) is 64.6 Å². The minimum absolute atomic E-state index is 0.291. The number of carbonyl (C=O) groups is 2. The van der Waals surface area contributed by atoms with Crippen LogP contribution in [0.1, 0.15) is 53.4 Å². The van der Waals surface area contributed by atoms with Gasteiger partial charge < -0.3 is 9.47 Å². The second-order valence-corrected chi connectivity index (χ2v) is 6.18. The zero-order valence-corrected chi connectivity index (χ0v) is 12.5. The number of esters is 2. The van der Waals surface area contributed by atoms with Gasteiger partial charge in [-0.1, -0.05) is 12.8 Å². The summed E-state index contributed by atoms with van der Waals surface area (Å²) >= 11 is 0. The van der Waals surface area contributed by atoms with E-state index >= 15 is 0 Å². The fourth-order valence-electron chi connectivity index (χ4n) is 2.44. The average Bonchev–Trinajstić information content (AvgIpc) is 2.75. The number of nitrogens with one attached hydrogen (secondary N) is 1. The molecule has 0 bridgehead atoms. The lowest BCUT2D eigenvalue weighted by atomic mass is 9.96. The highest BCUT2D eigenvalue weighted by Gasteiger charge is 2.44. The molecule has 0 aromatic carbocycles. The SMILES string of the molecule is COC(=O)C1(N[C@@H](C)C(=O)OC(C)(C)C)CCCC1. The van der Waals surface area contributed by atoms with Crippen LogP contribution in [-0.2, 0) is 19.1 Å². The van der Waals surface area contributed by atoms with E-state index in [2.05, 4.69) is 5.32 Å². The largest absolute Gasteiger partial charge is 0.468 e. The zero-order valence-electron chi connectivity index (χ0n) is 12.5. The van der Waals surface area contributed by atoms with Crippen LogP contribution in [0.25, 0.3) is 0 Å². The van der Waals surface area contributed by atoms with E-state index in [1.807, 2.05) is 20.8 Å². The highest BCUT2D eigenvalue weighted by Crippen LogP contribution is 2.31. The lowest BCUT2D eigenvalue weighted by molar-refractivity contribution is -0.159. The molecule has 110 valence electrons. The molecular formula is C14H25NO4. The Bertz CT molecular complexity index is 340. The third kappa shape index (κ3) is 4.20. The van der Waals surface area contributed by atoms with E-state index in [1.54, 1.807) is 6.92 Å². The summed E-state index contributed by atoms with van der Waals surface area (Å²) in [6.45, 7) is 7.19.